The molecule has 0 aromatic heterocycles. The van der Waals surface area contributed by atoms with Crippen molar-refractivity contribution in [2.24, 2.45) is 0 Å². The van der Waals surface area contributed by atoms with Crippen molar-refractivity contribution < 1.29 is 14.3 Å². The van der Waals surface area contributed by atoms with Crippen molar-refractivity contribution in [2.75, 3.05) is 6.61 Å². The van der Waals surface area contributed by atoms with Crippen LogP contribution in [0.25, 0.3) is 0 Å². The number of rotatable bonds is 4. The number of amides is 1. The minimum atomic E-state index is -0.140. The highest BCUT2D eigenvalue weighted by molar-refractivity contribution is 5.95. The molecule has 1 aliphatic carbocycles. The molecular weight excluding hydrogens is 350 g/mol. The summed E-state index contributed by atoms with van der Waals surface area (Å²) in [6, 6.07) is 13.7. The van der Waals surface area contributed by atoms with E-state index in [-0.39, 0.29) is 17.6 Å². The van der Waals surface area contributed by atoms with Gasteiger partial charge in [0.25, 0.3) is 5.91 Å². The van der Waals surface area contributed by atoms with E-state index < -0.39 is 0 Å². The average molecular weight is 380 g/mol. The van der Waals surface area contributed by atoms with Crippen molar-refractivity contribution in [3.05, 3.63) is 59.2 Å². The Morgan fingerprint density at radius 3 is 2.71 bits per heavy atom. The molecule has 1 amide bonds. The van der Waals surface area contributed by atoms with Gasteiger partial charge in [-0.3, -0.25) is 4.79 Å². The molecule has 4 heteroatoms. The van der Waals surface area contributed by atoms with Gasteiger partial charge in [0, 0.05) is 17.5 Å². The molecule has 1 spiro atoms. The molecule has 1 aliphatic heterocycles. The summed E-state index contributed by atoms with van der Waals surface area (Å²) in [7, 11) is 0. The zero-order valence-corrected chi connectivity index (χ0v) is 16.8. The van der Waals surface area contributed by atoms with Gasteiger partial charge in [-0.05, 0) is 69.4 Å². The van der Waals surface area contributed by atoms with Gasteiger partial charge in [-0.2, -0.15) is 0 Å². The Morgan fingerprint density at radius 2 is 1.96 bits per heavy atom. The molecule has 1 atom stereocenters. The zero-order valence-electron chi connectivity index (χ0n) is 16.8. The standard InChI is InChI=1S/C24H29NO3/c1-3-27-21-12-11-18(15-17(21)2)23(26)25-20-16-24(13-7-4-8-14-24)28-22-10-6-5-9-19(20)22/h5-6,9-12,15,20H,3-4,7-8,13-14,16H2,1-2H3,(H,25,26)/t20-/m0/s1. The Hall–Kier alpha value is -2.49. The second kappa shape index (κ2) is 7.86. The van der Waals surface area contributed by atoms with Crippen LogP contribution in [-0.4, -0.2) is 18.1 Å². The van der Waals surface area contributed by atoms with Crippen LogP contribution in [0.3, 0.4) is 0 Å². The lowest BCUT2D eigenvalue weighted by molar-refractivity contribution is -0.00209. The van der Waals surface area contributed by atoms with E-state index in [0.717, 1.165) is 41.9 Å². The third-order valence-corrected chi connectivity index (χ3v) is 6.00. The quantitative estimate of drug-likeness (QED) is 0.779. The Bertz CT molecular complexity index is 855. The largest absolute Gasteiger partial charge is 0.494 e. The summed E-state index contributed by atoms with van der Waals surface area (Å²) in [6.07, 6.45) is 6.63. The van der Waals surface area contributed by atoms with Gasteiger partial charge in [0.05, 0.1) is 12.6 Å². The second-order valence-electron chi connectivity index (χ2n) is 8.03. The number of hydrogen-bond acceptors (Lipinski definition) is 3. The van der Waals surface area contributed by atoms with Crippen LogP contribution in [0.15, 0.2) is 42.5 Å². The van der Waals surface area contributed by atoms with E-state index in [1.807, 2.05) is 50.2 Å². The van der Waals surface area contributed by atoms with Crippen LogP contribution in [0.5, 0.6) is 11.5 Å². The molecule has 0 saturated heterocycles. The number of carbonyl (C=O) groups excluding carboxylic acids is 1. The van der Waals surface area contributed by atoms with Crippen LogP contribution >= 0.6 is 0 Å². The molecule has 1 N–H and O–H groups in total. The first-order chi connectivity index (χ1) is 13.6. The molecule has 1 heterocycles. The van der Waals surface area contributed by atoms with E-state index in [2.05, 4.69) is 11.4 Å². The fourth-order valence-corrected chi connectivity index (χ4v) is 4.60. The number of benzene rings is 2. The Morgan fingerprint density at radius 1 is 1.18 bits per heavy atom. The maximum Gasteiger partial charge on any atom is 0.251 e. The van der Waals surface area contributed by atoms with Gasteiger partial charge < -0.3 is 14.8 Å². The molecule has 0 unspecified atom stereocenters. The highest BCUT2D eigenvalue weighted by Crippen LogP contribution is 2.46. The number of hydrogen-bond donors (Lipinski definition) is 1. The fourth-order valence-electron chi connectivity index (χ4n) is 4.60. The fraction of sp³-hybridized carbons (Fsp3) is 0.458. The smallest absolute Gasteiger partial charge is 0.251 e. The van der Waals surface area contributed by atoms with Gasteiger partial charge in [-0.15, -0.1) is 0 Å². The summed E-state index contributed by atoms with van der Waals surface area (Å²) >= 11 is 0. The number of carbonyl (C=O) groups is 1. The summed E-state index contributed by atoms with van der Waals surface area (Å²) in [5.41, 5.74) is 2.59. The highest BCUT2D eigenvalue weighted by Gasteiger charge is 2.42. The predicted molar refractivity (Wildman–Crippen MR) is 110 cm³/mol. The van der Waals surface area contributed by atoms with Crippen molar-refractivity contribution in [2.45, 2.75) is 64.0 Å². The van der Waals surface area contributed by atoms with Gasteiger partial charge in [0.15, 0.2) is 0 Å². The van der Waals surface area contributed by atoms with E-state index in [4.69, 9.17) is 9.47 Å². The summed E-state index contributed by atoms with van der Waals surface area (Å²) in [6.45, 7) is 4.56. The summed E-state index contributed by atoms with van der Waals surface area (Å²) in [5.74, 6) is 1.71. The normalized spacial score (nSPS) is 20.1. The molecule has 1 saturated carbocycles. The molecule has 4 rings (SSSR count). The molecule has 2 aromatic rings. The summed E-state index contributed by atoms with van der Waals surface area (Å²) in [4.78, 5) is 13.0. The van der Waals surface area contributed by atoms with Gasteiger partial charge in [-0.25, -0.2) is 0 Å². The molecule has 28 heavy (non-hydrogen) atoms. The van der Waals surface area contributed by atoms with Crippen LogP contribution in [0.2, 0.25) is 0 Å². The average Bonchev–Trinajstić information content (AvgIpc) is 2.70. The Kier molecular flexibility index (Phi) is 5.29. The molecule has 0 radical (unpaired) electrons. The maximum atomic E-state index is 13.0. The molecular formula is C24H29NO3. The molecule has 1 fully saturated rings. The lowest BCUT2D eigenvalue weighted by atomic mass is 9.77. The molecule has 0 bridgehead atoms. The number of aryl methyl sites for hydroxylation is 1. The molecule has 2 aromatic carbocycles. The van der Waals surface area contributed by atoms with Gasteiger partial charge in [-0.1, -0.05) is 24.6 Å². The highest BCUT2D eigenvalue weighted by atomic mass is 16.5. The first kappa shape index (κ1) is 18.9. The third kappa shape index (κ3) is 3.73. The van der Waals surface area contributed by atoms with E-state index in [0.29, 0.717) is 12.2 Å². The Balaban J connectivity index is 1.57. The van der Waals surface area contributed by atoms with Gasteiger partial charge in [0.1, 0.15) is 17.1 Å². The third-order valence-electron chi connectivity index (χ3n) is 6.00. The van der Waals surface area contributed by atoms with Crippen LogP contribution in [0.1, 0.15) is 73.0 Å². The van der Waals surface area contributed by atoms with E-state index in [1.165, 1.54) is 19.3 Å². The second-order valence-corrected chi connectivity index (χ2v) is 8.03. The monoisotopic (exact) mass is 379 g/mol. The van der Waals surface area contributed by atoms with E-state index in [1.54, 1.807) is 0 Å². The maximum absolute atomic E-state index is 13.0. The summed E-state index contributed by atoms with van der Waals surface area (Å²) in [5, 5.41) is 3.28. The van der Waals surface area contributed by atoms with Crippen LogP contribution in [-0.2, 0) is 0 Å². The molecule has 148 valence electrons. The van der Waals surface area contributed by atoms with Crippen molar-refractivity contribution in [3.8, 4) is 11.5 Å². The number of ether oxygens (including phenoxy) is 2. The number of para-hydroxylation sites is 1. The van der Waals surface area contributed by atoms with Crippen LogP contribution in [0, 0.1) is 6.92 Å². The van der Waals surface area contributed by atoms with Gasteiger partial charge in [0.2, 0.25) is 0 Å². The molecule has 2 aliphatic rings. The predicted octanol–water partition coefficient (Wildman–Crippen LogP) is 5.35. The lowest BCUT2D eigenvalue weighted by Crippen LogP contribution is -2.46. The zero-order chi connectivity index (χ0) is 19.6. The van der Waals surface area contributed by atoms with Crippen molar-refractivity contribution >= 4 is 5.91 Å². The van der Waals surface area contributed by atoms with E-state index in [9.17, 15) is 4.79 Å². The van der Waals surface area contributed by atoms with Crippen molar-refractivity contribution in [1.29, 1.82) is 0 Å². The Labute approximate surface area is 167 Å². The minimum absolute atomic E-state index is 0.0255. The van der Waals surface area contributed by atoms with Crippen LogP contribution in [0.4, 0.5) is 0 Å². The first-order valence-electron chi connectivity index (χ1n) is 10.4. The van der Waals surface area contributed by atoms with Crippen molar-refractivity contribution in [3.63, 3.8) is 0 Å². The number of fused-ring (bicyclic) bond motifs is 1. The SMILES string of the molecule is CCOc1ccc(C(=O)N[C@H]2CC3(CCCCC3)Oc3ccccc32)cc1C. The summed E-state index contributed by atoms with van der Waals surface area (Å²) < 4.78 is 12.1. The lowest BCUT2D eigenvalue weighted by Gasteiger charge is -2.44. The minimum Gasteiger partial charge on any atom is -0.494 e. The number of nitrogens with one attached hydrogen (secondary N) is 1. The molecule has 4 nitrogen and oxygen atoms in total. The van der Waals surface area contributed by atoms with Crippen molar-refractivity contribution in [1.82, 2.24) is 5.32 Å². The topological polar surface area (TPSA) is 47.6 Å². The first-order valence-corrected chi connectivity index (χ1v) is 10.4. The van der Waals surface area contributed by atoms with Crippen LogP contribution < -0.4 is 14.8 Å². The van der Waals surface area contributed by atoms with E-state index >= 15 is 0 Å². The van der Waals surface area contributed by atoms with Gasteiger partial charge >= 0.3 is 0 Å².